The first-order valence-corrected chi connectivity index (χ1v) is 6.85. The summed E-state index contributed by atoms with van der Waals surface area (Å²) >= 11 is 0. The molecular formula is C8H14N6O4S. The van der Waals surface area contributed by atoms with Crippen LogP contribution >= 0.6 is 0 Å². The third kappa shape index (κ3) is 3.99. The highest BCUT2D eigenvalue weighted by Crippen LogP contribution is 2.25. The Morgan fingerprint density at radius 2 is 2.05 bits per heavy atom. The highest BCUT2D eigenvalue weighted by molar-refractivity contribution is 7.89. The Balaban J connectivity index is 2.92. The fourth-order valence-corrected chi connectivity index (χ4v) is 1.91. The number of nitrogens with two attached hydrogens (primary N) is 1. The Kier molecular flexibility index (Phi) is 4.56. The molecule has 0 bridgehead atoms. The van der Waals surface area contributed by atoms with Gasteiger partial charge in [-0.15, -0.1) is 0 Å². The Hall–Kier alpha value is -2.01. The molecule has 0 aliphatic rings. The van der Waals surface area contributed by atoms with E-state index in [-0.39, 0.29) is 35.4 Å². The molecule has 1 heterocycles. The van der Waals surface area contributed by atoms with Gasteiger partial charge in [0.2, 0.25) is 21.8 Å². The average Bonchev–Trinajstić information content (AvgIpc) is 2.27. The van der Waals surface area contributed by atoms with Crippen molar-refractivity contribution in [2.24, 2.45) is 0 Å². The lowest BCUT2D eigenvalue weighted by Crippen LogP contribution is -2.26. The molecule has 0 aromatic carbocycles. The monoisotopic (exact) mass is 290 g/mol. The number of aryl methyl sites for hydroxylation is 1. The number of sulfonamides is 1. The molecule has 0 atom stereocenters. The van der Waals surface area contributed by atoms with Crippen LogP contribution in [-0.2, 0) is 10.0 Å². The molecule has 0 unspecified atom stereocenters. The second kappa shape index (κ2) is 5.75. The first-order chi connectivity index (χ1) is 8.76. The van der Waals surface area contributed by atoms with Crippen LogP contribution in [0.2, 0.25) is 0 Å². The summed E-state index contributed by atoms with van der Waals surface area (Å²) in [5.41, 5.74) is 5.18. The Morgan fingerprint density at radius 3 is 2.58 bits per heavy atom. The van der Waals surface area contributed by atoms with Gasteiger partial charge in [-0.2, -0.15) is 4.98 Å². The third-order valence-corrected chi connectivity index (χ3v) is 3.60. The molecule has 4 N–H and O–H groups in total. The van der Waals surface area contributed by atoms with Crippen LogP contribution in [0.15, 0.2) is 0 Å². The normalized spacial score (nSPS) is 11.3. The predicted octanol–water partition coefficient (Wildman–Crippen LogP) is -0.763. The van der Waals surface area contributed by atoms with Crippen LogP contribution in [0.4, 0.5) is 17.5 Å². The summed E-state index contributed by atoms with van der Waals surface area (Å²) < 4.78 is 24.5. The number of rotatable bonds is 6. The molecule has 0 amide bonds. The van der Waals surface area contributed by atoms with Gasteiger partial charge in [-0.05, 0) is 14.0 Å². The van der Waals surface area contributed by atoms with Gasteiger partial charge in [0.25, 0.3) is 0 Å². The summed E-state index contributed by atoms with van der Waals surface area (Å²) in [6.45, 7) is 1.38. The molecule has 1 aromatic rings. The first kappa shape index (κ1) is 15.0. The molecule has 11 heteroatoms. The van der Waals surface area contributed by atoms with Crippen LogP contribution in [0.3, 0.4) is 0 Å². The molecule has 10 nitrogen and oxygen atoms in total. The number of nitrogens with zero attached hydrogens (tertiary/aromatic N) is 3. The minimum atomic E-state index is -3.40. The lowest BCUT2D eigenvalue weighted by molar-refractivity contribution is -0.385. The van der Waals surface area contributed by atoms with Gasteiger partial charge in [0.05, 0.1) is 10.7 Å². The zero-order chi connectivity index (χ0) is 14.6. The number of hydrogen-bond acceptors (Lipinski definition) is 8. The van der Waals surface area contributed by atoms with E-state index in [4.69, 9.17) is 5.73 Å². The number of nitro groups is 1. The van der Waals surface area contributed by atoms with Crippen LogP contribution in [0.5, 0.6) is 0 Å². The minimum Gasteiger partial charge on any atom is -0.368 e. The Morgan fingerprint density at radius 1 is 1.42 bits per heavy atom. The quantitative estimate of drug-likeness (QED) is 0.456. The van der Waals surface area contributed by atoms with Crippen molar-refractivity contribution in [3.63, 3.8) is 0 Å². The number of anilines is 2. The van der Waals surface area contributed by atoms with Crippen molar-refractivity contribution in [2.45, 2.75) is 6.92 Å². The van der Waals surface area contributed by atoms with Crippen LogP contribution in [-0.4, -0.2) is 42.7 Å². The lowest BCUT2D eigenvalue weighted by atomic mass is 10.3. The van der Waals surface area contributed by atoms with Gasteiger partial charge in [0.1, 0.15) is 5.69 Å². The molecule has 0 fully saturated rings. The third-order valence-electron chi connectivity index (χ3n) is 2.23. The number of hydrogen-bond donors (Lipinski definition) is 3. The van der Waals surface area contributed by atoms with E-state index in [1.54, 1.807) is 0 Å². The molecule has 0 radical (unpaired) electrons. The van der Waals surface area contributed by atoms with Crippen LogP contribution in [0, 0.1) is 17.0 Å². The molecule has 1 aromatic heterocycles. The van der Waals surface area contributed by atoms with Gasteiger partial charge in [-0.3, -0.25) is 10.1 Å². The van der Waals surface area contributed by atoms with E-state index in [2.05, 4.69) is 20.0 Å². The topological polar surface area (TPSA) is 153 Å². The van der Waals surface area contributed by atoms with E-state index in [0.717, 1.165) is 0 Å². The molecule has 0 saturated heterocycles. The maximum Gasteiger partial charge on any atom is 0.332 e. The van der Waals surface area contributed by atoms with Crippen LogP contribution in [0.25, 0.3) is 0 Å². The van der Waals surface area contributed by atoms with Crippen molar-refractivity contribution in [3.8, 4) is 0 Å². The molecule has 106 valence electrons. The number of nitrogens with one attached hydrogen (secondary N) is 2. The second-order valence-corrected chi connectivity index (χ2v) is 5.62. The van der Waals surface area contributed by atoms with Gasteiger partial charge in [0.15, 0.2) is 0 Å². The summed E-state index contributed by atoms with van der Waals surface area (Å²) in [7, 11) is -2.12. The fraction of sp³-hybridized carbons (Fsp3) is 0.500. The Bertz CT molecular complexity index is 587. The SMILES string of the molecule is CNS(=O)(=O)CCNc1nc(N)nc(C)c1[N+](=O)[O-]. The highest BCUT2D eigenvalue weighted by atomic mass is 32.2. The van der Waals surface area contributed by atoms with E-state index in [0.29, 0.717) is 0 Å². The summed E-state index contributed by atoms with van der Waals surface area (Å²) in [5.74, 6) is -0.466. The van der Waals surface area contributed by atoms with Gasteiger partial charge in [0, 0.05) is 6.54 Å². The largest absolute Gasteiger partial charge is 0.368 e. The molecule has 0 aliphatic carbocycles. The van der Waals surface area contributed by atoms with Gasteiger partial charge in [-0.25, -0.2) is 18.1 Å². The van der Waals surface area contributed by atoms with Crippen molar-refractivity contribution in [1.82, 2.24) is 14.7 Å². The second-order valence-electron chi connectivity index (χ2n) is 3.57. The van der Waals surface area contributed by atoms with E-state index >= 15 is 0 Å². The maximum absolute atomic E-state index is 11.2. The van der Waals surface area contributed by atoms with E-state index in [1.165, 1.54) is 14.0 Å². The fourth-order valence-electron chi connectivity index (χ4n) is 1.34. The summed E-state index contributed by atoms with van der Waals surface area (Å²) in [6.07, 6.45) is 0. The minimum absolute atomic E-state index is 0.0418. The number of nitrogen functional groups attached to an aromatic ring is 1. The molecule has 1 rings (SSSR count). The smallest absolute Gasteiger partial charge is 0.332 e. The van der Waals surface area contributed by atoms with Crippen molar-refractivity contribution >= 4 is 27.5 Å². The van der Waals surface area contributed by atoms with Crippen molar-refractivity contribution < 1.29 is 13.3 Å². The number of aromatic nitrogens is 2. The maximum atomic E-state index is 11.2. The van der Waals surface area contributed by atoms with Gasteiger partial charge in [-0.1, -0.05) is 0 Å². The summed E-state index contributed by atoms with van der Waals surface area (Å²) in [5, 5.41) is 13.5. The zero-order valence-corrected chi connectivity index (χ0v) is 11.2. The molecule has 0 spiro atoms. The predicted molar refractivity (Wildman–Crippen MR) is 69.2 cm³/mol. The van der Waals surface area contributed by atoms with E-state index in [9.17, 15) is 18.5 Å². The average molecular weight is 290 g/mol. The van der Waals surface area contributed by atoms with E-state index < -0.39 is 14.9 Å². The zero-order valence-electron chi connectivity index (χ0n) is 10.4. The molecule has 0 saturated carbocycles. The van der Waals surface area contributed by atoms with Gasteiger partial charge < -0.3 is 11.1 Å². The standard InChI is InChI=1S/C8H14N6O4S/c1-5-6(14(15)16)7(13-8(9)12-5)11-3-4-19(17,18)10-2/h10H,3-4H2,1-2H3,(H3,9,11,12,13). The molecular weight excluding hydrogens is 276 g/mol. The van der Waals surface area contributed by atoms with Crippen LogP contribution in [0.1, 0.15) is 5.69 Å². The van der Waals surface area contributed by atoms with E-state index in [1.807, 2.05) is 0 Å². The Labute approximate surface area is 109 Å². The lowest BCUT2D eigenvalue weighted by Gasteiger charge is -2.08. The van der Waals surface area contributed by atoms with Crippen LogP contribution < -0.4 is 15.8 Å². The summed E-state index contributed by atoms with van der Waals surface area (Å²) in [6, 6.07) is 0. The van der Waals surface area contributed by atoms with Crippen molar-refractivity contribution in [3.05, 3.63) is 15.8 Å². The van der Waals surface area contributed by atoms with Gasteiger partial charge >= 0.3 is 5.69 Å². The molecule has 0 aliphatic heterocycles. The summed E-state index contributed by atoms with van der Waals surface area (Å²) in [4.78, 5) is 17.6. The molecule has 19 heavy (non-hydrogen) atoms. The van der Waals surface area contributed by atoms with Crippen molar-refractivity contribution in [2.75, 3.05) is 30.4 Å². The first-order valence-electron chi connectivity index (χ1n) is 5.20. The van der Waals surface area contributed by atoms with Crippen molar-refractivity contribution in [1.29, 1.82) is 0 Å². The highest BCUT2D eigenvalue weighted by Gasteiger charge is 2.21.